The van der Waals surface area contributed by atoms with Gasteiger partial charge in [-0.2, -0.15) is 0 Å². The molecule has 1 unspecified atom stereocenters. The van der Waals surface area contributed by atoms with E-state index in [-0.39, 0.29) is 12.6 Å². The number of furan rings is 1. The van der Waals surface area contributed by atoms with E-state index in [9.17, 15) is 4.79 Å². The van der Waals surface area contributed by atoms with Crippen molar-refractivity contribution >= 4 is 5.97 Å². The van der Waals surface area contributed by atoms with Crippen LogP contribution in [0.5, 0.6) is 0 Å². The van der Waals surface area contributed by atoms with Crippen molar-refractivity contribution in [3.05, 3.63) is 24.2 Å². The number of nitrogens with one attached hydrogen (secondary N) is 1. The van der Waals surface area contributed by atoms with Gasteiger partial charge in [-0.15, -0.1) is 0 Å². The SMILES string of the molecule is CC(NCC(=O)O)c1ccco1. The second kappa shape index (κ2) is 3.92. The molecule has 0 saturated carbocycles. The Balaban J connectivity index is 2.39. The van der Waals surface area contributed by atoms with Gasteiger partial charge in [-0.05, 0) is 19.1 Å². The van der Waals surface area contributed by atoms with Gasteiger partial charge in [-0.3, -0.25) is 10.1 Å². The average Bonchev–Trinajstić information content (AvgIpc) is 2.51. The summed E-state index contributed by atoms with van der Waals surface area (Å²) < 4.78 is 5.07. The Morgan fingerprint density at radius 2 is 2.58 bits per heavy atom. The number of carboxylic acid groups (broad SMARTS) is 1. The predicted octanol–water partition coefficient (Wildman–Crippen LogP) is 1.01. The van der Waals surface area contributed by atoms with Crippen LogP contribution in [-0.4, -0.2) is 17.6 Å². The molecule has 0 aromatic carbocycles. The molecule has 0 radical (unpaired) electrons. The summed E-state index contributed by atoms with van der Waals surface area (Å²) in [5.74, 6) is -0.121. The third-order valence-electron chi connectivity index (χ3n) is 1.53. The zero-order valence-electron chi connectivity index (χ0n) is 6.78. The summed E-state index contributed by atoms with van der Waals surface area (Å²) in [6.07, 6.45) is 1.56. The van der Waals surface area contributed by atoms with Crippen LogP contribution < -0.4 is 5.32 Å². The lowest BCUT2D eigenvalue weighted by molar-refractivity contribution is -0.136. The summed E-state index contributed by atoms with van der Waals surface area (Å²) in [7, 11) is 0. The molecule has 0 spiro atoms. The van der Waals surface area contributed by atoms with Crippen molar-refractivity contribution in [2.24, 2.45) is 0 Å². The lowest BCUT2D eigenvalue weighted by Crippen LogP contribution is -2.25. The maximum Gasteiger partial charge on any atom is 0.317 e. The molecule has 1 aromatic heterocycles. The van der Waals surface area contributed by atoms with Crippen LogP contribution in [-0.2, 0) is 4.79 Å². The number of carboxylic acids is 1. The van der Waals surface area contributed by atoms with Crippen LogP contribution in [0, 0.1) is 0 Å². The monoisotopic (exact) mass is 169 g/mol. The van der Waals surface area contributed by atoms with Crippen LogP contribution >= 0.6 is 0 Å². The molecule has 0 aliphatic carbocycles. The lowest BCUT2D eigenvalue weighted by atomic mass is 10.2. The minimum absolute atomic E-state index is 0.0537. The second-order valence-corrected chi connectivity index (χ2v) is 2.51. The largest absolute Gasteiger partial charge is 0.480 e. The Morgan fingerprint density at radius 3 is 3.08 bits per heavy atom. The molecule has 1 atom stereocenters. The molecule has 4 heteroatoms. The van der Waals surface area contributed by atoms with E-state index in [1.165, 1.54) is 0 Å². The minimum Gasteiger partial charge on any atom is -0.480 e. The Bertz CT molecular complexity index is 243. The van der Waals surface area contributed by atoms with Gasteiger partial charge in [0.05, 0.1) is 18.8 Å². The fraction of sp³-hybridized carbons (Fsp3) is 0.375. The van der Waals surface area contributed by atoms with Crippen LogP contribution in [0.4, 0.5) is 0 Å². The minimum atomic E-state index is -0.867. The summed E-state index contributed by atoms with van der Waals surface area (Å²) in [5.41, 5.74) is 0. The smallest absolute Gasteiger partial charge is 0.317 e. The molecular formula is C8H11NO3. The normalized spacial score (nSPS) is 12.8. The molecule has 66 valence electrons. The molecule has 12 heavy (non-hydrogen) atoms. The van der Waals surface area contributed by atoms with Gasteiger partial charge in [-0.25, -0.2) is 0 Å². The Kier molecular flexibility index (Phi) is 2.88. The van der Waals surface area contributed by atoms with Gasteiger partial charge >= 0.3 is 5.97 Å². The lowest BCUT2D eigenvalue weighted by Gasteiger charge is -2.07. The highest BCUT2D eigenvalue weighted by Crippen LogP contribution is 2.11. The summed E-state index contributed by atoms with van der Waals surface area (Å²) in [5, 5.41) is 11.2. The predicted molar refractivity (Wildman–Crippen MR) is 42.8 cm³/mol. The van der Waals surface area contributed by atoms with E-state index in [1.807, 2.05) is 6.92 Å². The molecule has 0 bridgehead atoms. The van der Waals surface area contributed by atoms with E-state index >= 15 is 0 Å². The maximum atomic E-state index is 10.2. The van der Waals surface area contributed by atoms with Gasteiger partial charge in [0.25, 0.3) is 0 Å². The Labute approximate surface area is 70.2 Å². The topological polar surface area (TPSA) is 62.5 Å². The van der Waals surface area contributed by atoms with E-state index in [0.29, 0.717) is 0 Å². The molecule has 0 amide bonds. The number of carbonyl (C=O) groups is 1. The van der Waals surface area contributed by atoms with Gasteiger partial charge in [-0.1, -0.05) is 0 Å². The zero-order chi connectivity index (χ0) is 8.97. The first-order valence-corrected chi connectivity index (χ1v) is 3.68. The fourth-order valence-electron chi connectivity index (χ4n) is 0.879. The van der Waals surface area contributed by atoms with Crippen LogP contribution in [0.15, 0.2) is 22.8 Å². The molecule has 0 fully saturated rings. The second-order valence-electron chi connectivity index (χ2n) is 2.51. The standard InChI is InChI=1S/C8H11NO3/c1-6(9-5-8(10)11)7-3-2-4-12-7/h2-4,6,9H,5H2,1H3,(H,10,11). The van der Waals surface area contributed by atoms with Crippen molar-refractivity contribution in [3.63, 3.8) is 0 Å². The van der Waals surface area contributed by atoms with E-state index < -0.39 is 5.97 Å². The number of rotatable bonds is 4. The van der Waals surface area contributed by atoms with Gasteiger partial charge in [0.15, 0.2) is 0 Å². The fourth-order valence-corrected chi connectivity index (χ4v) is 0.879. The molecule has 4 nitrogen and oxygen atoms in total. The summed E-state index contributed by atoms with van der Waals surface area (Å²) in [6.45, 7) is 1.80. The highest BCUT2D eigenvalue weighted by molar-refractivity contribution is 5.69. The van der Waals surface area contributed by atoms with Gasteiger partial charge < -0.3 is 9.52 Å². The molecule has 1 heterocycles. The first-order chi connectivity index (χ1) is 5.70. The van der Waals surface area contributed by atoms with Crippen LogP contribution in [0.1, 0.15) is 18.7 Å². The number of hydrogen-bond acceptors (Lipinski definition) is 3. The van der Waals surface area contributed by atoms with Gasteiger partial charge in [0.2, 0.25) is 0 Å². The van der Waals surface area contributed by atoms with Crippen molar-refractivity contribution in [1.82, 2.24) is 5.32 Å². The third-order valence-corrected chi connectivity index (χ3v) is 1.53. The average molecular weight is 169 g/mol. The molecule has 2 N–H and O–H groups in total. The highest BCUT2D eigenvalue weighted by Gasteiger charge is 2.07. The quantitative estimate of drug-likeness (QED) is 0.706. The Morgan fingerprint density at radius 1 is 1.83 bits per heavy atom. The van der Waals surface area contributed by atoms with Crippen molar-refractivity contribution in [3.8, 4) is 0 Å². The van der Waals surface area contributed by atoms with Crippen molar-refractivity contribution in [1.29, 1.82) is 0 Å². The van der Waals surface area contributed by atoms with Crippen LogP contribution in [0.3, 0.4) is 0 Å². The molecule has 1 aromatic rings. The van der Waals surface area contributed by atoms with Crippen LogP contribution in [0.25, 0.3) is 0 Å². The van der Waals surface area contributed by atoms with Gasteiger partial charge in [0, 0.05) is 0 Å². The molecule has 0 aliphatic heterocycles. The summed E-state index contributed by atoms with van der Waals surface area (Å²) in [4.78, 5) is 10.2. The number of aliphatic carboxylic acids is 1. The molecule has 0 aliphatic rings. The highest BCUT2D eigenvalue weighted by atomic mass is 16.4. The Hall–Kier alpha value is -1.29. The van der Waals surface area contributed by atoms with E-state index in [2.05, 4.69) is 5.32 Å². The summed E-state index contributed by atoms with van der Waals surface area (Å²) in [6, 6.07) is 3.52. The van der Waals surface area contributed by atoms with E-state index in [1.54, 1.807) is 18.4 Å². The number of hydrogen-bond donors (Lipinski definition) is 2. The maximum absolute atomic E-state index is 10.2. The van der Waals surface area contributed by atoms with E-state index in [4.69, 9.17) is 9.52 Å². The van der Waals surface area contributed by atoms with Gasteiger partial charge in [0.1, 0.15) is 5.76 Å². The first kappa shape index (κ1) is 8.80. The van der Waals surface area contributed by atoms with Crippen molar-refractivity contribution in [2.45, 2.75) is 13.0 Å². The molecule has 1 rings (SSSR count). The third kappa shape index (κ3) is 2.39. The summed E-state index contributed by atoms with van der Waals surface area (Å²) >= 11 is 0. The van der Waals surface area contributed by atoms with E-state index in [0.717, 1.165) is 5.76 Å². The van der Waals surface area contributed by atoms with Crippen molar-refractivity contribution < 1.29 is 14.3 Å². The zero-order valence-corrected chi connectivity index (χ0v) is 6.78. The molecule has 0 saturated heterocycles. The van der Waals surface area contributed by atoms with Crippen molar-refractivity contribution in [2.75, 3.05) is 6.54 Å². The molecular weight excluding hydrogens is 158 g/mol. The van der Waals surface area contributed by atoms with Crippen LogP contribution in [0.2, 0.25) is 0 Å². The first-order valence-electron chi connectivity index (χ1n) is 3.68.